The smallest absolute Gasteiger partial charge is 0.255 e. The van der Waals surface area contributed by atoms with Crippen molar-refractivity contribution in [3.63, 3.8) is 0 Å². The third kappa shape index (κ3) is 3.43. The van der Waals surface area contributed by atoms with E-state index in [0.29, 0.717) is 38.3 Å². The Morgan fingerprint density at radius 1 is 0.923 bits per heavy atom. The summed E-state index contributed by atoms with van der Waals surface area (Å²) in [5.74, 6) is 0.228. The van der Waals surface area contributed by atoms with Crippen LogP contribution in [0.5, 0.6) is 0 Å². The van der Waals surface area contributed by atoms with E-state index in [4.69, 9.17) is 27.6 Å². The molecule has 0 unspecified atom stereocenters. The van der Waals surface area contributed by atoms with Crippen molar-refractivity contribution >= 4 is 45.9 Å². The SMILES string of the molecule is O=C(Nc1ccc2oc(-c3ccccc3)nc2c1)c1cc(Cl)cc(Cl)c1. The van der Waals surface area contributed by atoms with Gasteiger partial charge in [0.1, 0.15) is 5.52 Å². The van der Waals surface area contributed by atoms with E-state index in [1.54, 1.807) is 36.4 Å². The average molecular weight is 383 g/mol. The van der Waals surface area contributed by atoms with Crippen LogP contribution < -0.4 is 5.32 Å². The van der Waals surface area contributed by atoms with Gasteiger partial charge in [-0.15, -0.1) is 0 Å². The van der Waals surface area contributed by atoms with E-state index >= 15 is 0 Å². The summed E-state index contributed by atoms with van der Waals surface area (Å²) in [5.41, 5.74) is 3.18. The van der Waals surface area contributed by atoms with Crippen molar-refractivity contribution in [2.24, 2.45) is 0 Å². The van der Waals surface area contributed by atoms with Gasteiger partial charge in [0, 0.05) is 26.9 Å². The van der Waals surface area contributed by atoms with Crippen LogP contribution in [0.2, 0.25) is 10.0 Å². The molecule has 4 rings (SSSR count). The Hall–Kier alpha value is -2.82. The highest BCUT2D eigenvalue weighted by Gasteiger charge is 2.11. The number of nitrogens with one attached hydrogen (secondary N) is 1. The molecule has 4 aromatic rings. The number of rotatable bonds is 3. The van der Waals surface area contributed by atoms with Crippen molar-refractivity contribution in [2.45, 2.75) is 0 Å². The molecule has 0 saturated carbocycles. The fourth-order valence-electron chi connectivity index (χ4n) is 2.60. The van der Waals surface area contributed by atoms with Crippen molar-refractivity contribution in [1.82, 2.24) is 4.98 Å². The number of amides is 1. The summed E-state index contributed by atoms with van der Waals surface area (Å²) >= 11 is 11.9. The highest BCUT2D eigenvalue weighted by atomic mass is 35.5. The number of carbonyl (C=O) groups excluding carboxylic acids is 1. The van der Waals surface area contributed by atoms with Gasteiger partial charge in [0.2, 0.25) is 5.89 Å². The fraction of sp³-hybridized carbons (Fsp3) is 0. The zero-order valence-corrected chi connectivity index (χ0v) is 14.9. The highest BCUT2D eigenvalue weighted by molar-refractivity contribution is 6.35. The van der Waals surface area contributed by atoms with Crippen LogP contribution in [0.4, 0.5) is 5.69 Å². The number of carbonyl (C=O) groups is 1. The lowest BCUT2D eigenvalue weighted by Gasteiger charge is -2.06. The van der Waals surface area contributed by atoms with E-state index in [-0.39, 0.29) is 5.91 Å². The molecule has 0 saturated heterocycles. The number of nitrogens with zero attached hydrogens (tertiary/aromatic N) is 1. The number of halogens is 2. The van der Waals surface area contributed by atoms with Crippen LogP contribution >= 0.6 is 23.2 Å². The Balaban J connectivity index is 1.62. The summed E-state index contributed by atoms with van der Waals surface area (Å²) in [6.45, 7) is 0. The lowest BCUT2D eigenvalue weighted by Crippen LogP contribution is -2.11. The molecule has 0 fully saturated rings. The average Bonchev–Trinajstić information content (AvgIpc) is 3.05. The van der Waals surface area contributed by atoms with Crippen LogP contribution in [0.15, 0.2) is 71.1 Å². The quantitative estimate of drug-likeness (QED) is 0.468. The van der Waals surface area contributed by atoms with Gasteiger partial charge in [0.15, 0.2) is 5.58 Å². The molecule has 1 aromatic heterocycles. The van der Waals surface area contributed by atoms with Crippen molar-refractivity contribution in [3.8, 4) is 11.5 Å². The maximum absolute atomic E-state index is 12.4. The first-order valence-electron chi connectivity index (χ1n) is 7.82. The predicted molar refractivity (Wildman–Crippen MR) is 104 cm³/mol. The number of aromatic nitrogens is 1. The lowest BCUT2D eigenvalue weighted by atomic mass is 10.2. The number of hydrogen-bond donors (Lipinski definition) is 1. The van der Waals surface area contributed by atoms with Crippen LogP contribution in [-0.4, -0.2) is 10.9 Å². The minimum atomic E-state index is -0.305. The number of benzene rings is 3. The molecule has 1 amide bonds. The summed E-state index contributed by atoms with van der Waals surface area (Å²) < 4.78 is 5.77. The number of oxazole rings is 1. The van der Waals surface area contributed by atoms with Gasteiger partial charge in [0.25, 0.3) is 5.91 Å². The molecule has 0 aliphatic rings. The Bertz CT molecular complexity index is 1090. The third-order valence-corrected chi connectivity index (χ3v) is 4.23. The van der Waals surface area contributed by atoms with Crippen molar-refractivity contribution in [2.75, 3.05) is 5.32 Å². The predicted octanol–water partition coefficient (Wildman–Crippen LogP) is 6.05. The normalized spacial score (nSPS) is 10.8. The summed E-state index contributed by atoms with van der Waals surface area (Å²) in [7, 11) is 0. The monoisotopic (exact) mass is 382 g/mol. The molecule has 1 heterocycles. The molecular formula is C20H12Cl2N2O2. The summed E-state index contributed by atoms with van der Waals surface area (Å²) in [4.78, 5) is 16.9. The zero-order valence-electron chi connectivity index (χ0n) is 13.4. The Kier molecular flexibility index (Phi) is 4.37. The van der Waals surface area contributed by atoms with Gasteiger partial charge in [0.05, 0.1) is 0 Å². The summed E-state index contributed by atoms with van der Waals surface area (Å²) in [5, 5.41) is 3.63. The molecule has 128 valence electrons. The standard InChI is InChI=1S/C20H12Cl2N2O2/c21-14-8-13(9-15(22)10-14)19(25)23-16-6-7-18-17(11-16)24-20(26-18)12-4-2-1-3-5-12/h1-11H,(H,23,25). The Labute approximate surface area is 159 Å². The number of fused-ring (bicyclic) bond motifs is 1. The Morgan fingerprint density at radius 2 is 1.65 bits per heavy atom. The first-order valence-corrected chi connectivity index (χ1v) is 8.57. The second kappa shape index (κ2) is 6.83. The van der Waals surface area contributed by atoms with E-state index in [1.165, 1.54) is 0 Å². The molecule has 0 aliphatic carbocycles. The minimum Gasteiger partial charge on any atom is -0.436 e. The van der Waals surface area contributed by atoms with Gasteiger partial charge in [-0.25, -0.2) is 4.98 Å². The maximum atomic E-state index is 12.4. The van der Waals surface area contributed by atoms with Gasteiger partial charge in [-0.3, -0.25) is 4.79 Å². The molecule has 4 nitrogen and oxygen atoms in total. The van der Waals surface area contributed by atoms with Gasteiger partial charge in [-0.05, 0) is 48.5 Å². The minimum absolute atomic E-state index is 0.305. The molecule has 6 heteroatoms. The largest absolute Gasteiger partial charge is 0.436 e. The van der Waals surface area contributed by atoms with Crippen LogP contribution in [0.1, 0.15) is 10.4 Å². The highest BCUT2D eigenvalue weighted by Crippen LogP contribution is 2.26. The molecule has 0 spiro atoms. The van der Waals surface area contributed by atoms with Gasteiger partial charge >= 0.3 is 0 Å². The van der Waals surface area contributed by atoms with E-state index in [1.807, 2.05) is 30.3 Å². The van der Waals surface area contributed by atoms with Crippen molar-refractivity contribution in [1.29, 1.82) is 0 Å². The van der Waals surface area contributed by atoms with Gasteiger partial charge in [-0.1, -0.05) is 41.4 Å². The topological polar surface area (TPSA) is 55.1 Å². The number of anilines is 1. The molecule has 1 N–H and O–H groups in total. The second-order valence-corrected chi connectivity index (χ2v) is 6.55. The molecule has 0 bridgehead atoms. The maximum Gasteiger partial charge on any atom is 0.255 e. The molecule has 26 heavy (non-hydrogen) atoms. The van der Waals surface area contributed by atoms with E-state index in [2.05, 4.69) is 10.3 Å². The zero-order chi connectivity index (χ0) is 18.1. The van der Waals surface area contributed by atoms with Gasteiger partial charge < -0.3 is 9.73 Å². The van der Waals surface area contributed by atoms with Crippen molar-refractivity contribution < 1.29 is 9.21 Å². The van der Waals surface area contributed by atoms with E-state index < -0.39 is 0 Å². The van der Waals surface area contributed by atoms with Crippen LogP contribution in [-0.2, 0) is 0 Å². The Morgan fingerprint density at radius 3 is 2.38 bits per heavy atom. The third-order valence-electron chi connectivity index (χ3n) is 3.79. The first-order chi connectivity index (χ1) is 12.6. The molecule has 0 radical (unpaired) electrons. The first kappa shape index (κ1) is 16.6. The number of hydrogen-bond acceptors (Lipinski definition) is 3. The summed E-state index contributed by atoms with van der Waals surface area (Å²) in [6, 6.07) is 19.6. The van der Waals surface area contributed by atoms with E-state index in [0.717, 1.165) is 5.56 Å². The van der Waals surface area contributed by atoms with Crippen LogP contribution in [0.3, 0.4) is 0 Å². The molecule has 0 atom stereocenters. The molecular weight excluding hydrogens is 371 g/mol. The van der Waals surface area contributed by atoms with E-state index in [9.17, 15) is 4.79 Å². The second-order valence-electron chi connectivity index (χ2n) is 5.68. The van der Waals surface area contributed by atoms with Crippen molar-refractivity contribution in [3.05, 3.63) is 82.3 Å². The van der Waals surface area contributed by atoms with Crippen LogP contribution in [0.25, 0.3) is 22.6 Å². The van der Waals surface area contributed by atoms with Gasteiger partial charge in [-0.2, -0.15) is 0 Å². The molecule has 0 aliphatic heterocycles. The fourth-order valence-corrected chi connectivity index (χ4v) is 3.12. The van der Waals surface area contributed by atoms with Crippen LogP contribution in [0, 0.1) is 0 Å². The lowest BCUT2D eigenvalue weighted by molar-refractivity contribution is 0.102. The molecule has 3 aromatic carbocycles. The summed E-state index contributed by atoms with van der Waals surface area (Å²) in [6.07, 6.45) is 0.